The smallest absolute Gasteiger partial charge is 0.225 e. The Morgan fingerprint density at radius 2 is 1.78 bits per heavy atom. The van der Waals surface area contributed by atoms with E-state index in [2.05, 4.69) is 25.1 Å². The number of nitrogen functional groups attached to an aromatic ring is 2. The number of aryl methyl sites for hydroxylation is 1. The molecule has 0 bridgehead atoms. The molecule has 2 heterocycles. The minimum Gasteiger partial charge on any atom is -0.368 e. The van der Waals surface area contributed by atoms with Crippen LogP contribution in [0.3, 0.4) is 0 Å². The van der Waals surface area contributed by atoms with Gasteiger partial charge in [0.2, 0.25) is 11.9 Å². The zero-order valence-electron chi connectivity index (χ0n) is 9.68. The number of aromatic nitrogens is 5. The van der Waals surface area contributed by atoms with E-state index in [0.717, 1.165) is 22.2 Å². The molecule has 0 fully saturated rings. The fraction of sp³-hybridized carbons (Fsp3) is 0.0909. The van der Waals surface area contributed by atoms with Gasteiger partial charge < -0.3 is 11.5 Å². The quantitative estimate of drug-likeness (QED) is 0.582. The summed E-state index contributed by atoms with van der Waals surface area (Å²) < 4.78 is 0. The molecular weight excluding hydrogens is 230 g/mol. The van der Waals surface area contributed by atoms with Crippen LogP contribution in [0.2, 0.25) is 0 Å². The van der Waals surface area contributed by atoms with Gasteiger partial charge in [0.05, 0.1) is 5.52 Å². The monoisotopic (exact) mass is 241 g/mol. The first-order chi connectivity index (χ1) is 8.63. The Hall–Kier alpha value is -2.70. The minimum absolute atomic E-state index is 0.107. The van der Waals surface area contributed by atoms with Gasteiger partial charge in [0, 0.05) is 16.6 Å². The van der Waals surface area contributed by atoms with E-state index in [1.807, 2.05) is 25.1 Å². The summed E-state index contributed by atoms with van der Waals surface area (Å²) >= 11 is 0. The fourth-order valence-electron chi connectivity index (χ4n) is 1.82. The molecule has 0 atom stereocenters. The van der Waals surface area contributed by atoms with Crippen molar-refractivity contribution in [3.05, 3.63) is 23.9 Å². The number of hydrogen-bond acceptors (Lipinski definition) is 6. The summed E-state index contributed by atoms with van der Waals surface area (Å²) in [5.74, 6) is 0.661. The van der Waals surface area contributed by atoms with Gasteiger partial charge in [-0.05, 0) is 13.0 Å². The highest BCUT2D eigenvalue weighted by Gasteiger charge is 2.08. The summed E-state index contributed by atoms with van der Waals surface area (Å²) in [4.78, 5) is 11.8. The Morgan fingerprint density at radius 3 is 2.50 bits per heavy atom. The van der Waals surface area contributed by atoms with Crippen molar-refractivity contribution >= 4 is 22.8 Å². The summed E-state index contributed by atoms with van der Waals surface area (Å²) in [6, 6.07) is 5.74. The van der Waals surface area contributed by atoms with E-state index < -0.39 is 0 Å². The van der Waals surface area contributed by atoms with Gasteiger partial charge >= 0.3 is 0 Å². The molecule has 0 aliphatic carbocycles. The average Bonchev–Trinajstić information content (AvgIpc) is 2.69. The van der Waals surface area contributed by atoms with E-state index >= 15 is 0 Å². The van der Waals surface area contributed by atoms with Crippen molar-refractivity contribution in [2.45, 2.75) is 6.92 Å². The first-order valence-corrected chi connectivity index (χ1v) is 5.35. The molecular formula is C11H11N7. The standard InChI is InChI=1S/C11H11N7/c1-5-7-3-2-6(4-8(7)18-17-5)9-14-10(12)16-11(13)15-9/h2-4H,1H3,(H,17,18)(H4,12,13,14,15,16). The minimum atomic E-state index is 0.107. The first kappa shape index (κ1) is 10.5. The molecule has 90 valence electrons. The molecule has 0 radical (unpaired) electrons. The molecule has 0 amide bonds. The molecule has 0 aliphatic rings. The van der Waals surface area contributed by atoms with Gasteiger partial charge in [0.1, 0.15) is 0 Å². The summed E-state index contributed by atoms with van der Waals surface area (Å²) in [6.45, 7) is 1.97. The number of rotatable bonds is 1. The average molecular weight is 241 g/mol. The third kappa shape index (κ3) is 1.61. The summed E-state index contributed by atoms with van der Waals surface area (Å²) in [5.41, 5.74) is 13.8. The molecule has 18 heavy (non-hydrogen) atoms. The molecule has 2 aromatic heterocycles. The van der Waals surface area contributed by atoms with Gasteiger partial charge in [-0.2, -0.15) is 20.1 Å². The predicted octanol–water partition coefficient (Wildman–Crippen LogP) is 0.888. The maximum absolute atomic E-state index is 5.55. The normalized spacial score (nSPS) is 10.9. The van der Waals surface area contributed by atoms with Gasteiger partial charge in [-0.3, -0.25) is 5.10 Å². The van der Waals surface area contributed by atoms with Crippen molar-refractivity contribution in [1.29, 1.82) is 0 Å². The van der Waals surface area contributed by atoms with Gasteiger partial charge in [-0.25, -0.2) is 0 Å². The number of fused-ring (bicyclic) bond motifs is 1. The van der Waals surface area contributed by atoms with Crippen LogP contribution >= 0.6 is 0 Å². The van der Waals surface area contributed by atoms with Gasteiger partial charge in [-0.1, -0.05) is 12.1 Å². The van der Waals surface area contributed by atoms with E-state index in [-0.39, 0.29) is 11.9 Å². The molecule has 3 rings (SSSR count). The molecule has 0 unspecified atom stereocenters. The Morgan fingerprint density at radius 1 is 1.06 bits per heavy atom. The van der Waals surface area contributed by atoms with E-state index in [4.69, 9.17) is 11.5 Å². The van der Waals surface area contributed by atoms with E-state index in [9.17, 15) is 0 Å². The van der Waals surface area contributed by atoms with E-state index in [1.165, 1.54) is 0 Å². The van der Waals surface area contributed by atoms with Gasteiger partial charge in [-0.15, -0.1) is 0 Å². The lowest BCUT2D eigenvalue weighted by Crippen LogP contribution is -2.04. The molecule has 7 heteroatoms. The van der Waals surface area contributed by atoms with Crippen LogP contribution in [0.4, 0.5) is 11.9 Å². The highest BCUT2D eigenvalue weighted by atomic mass is 15.1. The van der Waals surface area contributed by atoms with Crippen LogP contribution in [-0.4, -0.2) is 25.1 Å². The number of nitrogens with one attached hydrogen (secondary N) is 1. The van der Waals surface area contributed by atoms with E-state index in [0.29, 0.717) is 5.82 Å². The number of aromatic amines is 1. The number of anilines is 2. The third-order valence-electron chi connectivity index (χ3n) is 2.67. The zero-order chi connectivity index (χ0) is 12.7. The second-order valence-corrected chi connectivity index (χ2v) is 3.96. The Kier molecular flexibility index (Phi) is 2.12. The van der Waals surface area contributed by atoms with Crippen LogP contribution in [0.1, 0.15) is 5.69 Å². The molecule has 0 saturated heterocycles. The summed E-state index contributed by atoms with van der Waals surface area (Å²) in [6.07, 6.45) is 0. The molecule has 1 aromatic carbocycles. The third-order valence-corrected chi connectivity index (χ3v) is 2.67. The summed E-state index contributed by atoms with van der Waals surface area (Å²) in [5, 5.41) is 8.18. The van der Waals surface area contributed by atoms with Gasteiger partial charge in [0.25, 0.3) is 0 Å². The van der Waals surface area contributed by atoms with Crippen LogP contribution in [-0.2, 0) is 0 Å². The highest BCUT2D eigenvalue weighted by Crippen LogP contribution is 2.22. The van der Waals surface area contributed by atoms with Gasteiger partial charge in [0.15, 0.2) is 5.82 Å². The molecule has 0 saturated carbocycles. The van der Waals surface area contributed by atoms with Crippen molar-refractivity contribution in [3.63, 3.8) is 0 Å². The van der Waals surface area contributed by atoms with Crippen LogP contribution < -0.4 is 11.5 Å². The van der Waals surface area contributed by atoms with Crippen molar-refractivity contribution in [1.82, 2.24) is 25.1 Å². The molecule has 0 spiro atoms. The maximum Gasteiger partial charge on any atom is 0.225 e. The largest absolute Gasteiger partial charge is 0.368 e. The van der Waals surface area contributed by atoms with Crippen molar-refractivity contribution in [2.24, 2.45) is 0 Å². The number of benzene rings is 1. The second-order valence-electron chi connectivity index (χ2n) is 3.96. The highest BCUT2D eigenvalue weighted by molar-refractivity contribution is 5.85. The van der Waals surface area contributed by atoms with Crippen LogP contribution in [0.15, 0.2) is 18.2 Å². The number of nitrogens with two attached hydrogens (primary N) is 2. The predicted molar refractivity (Wildman–Crippen MR) is 68.5 cm³/mol. The lowest BCUT2D eigenvalue weighted by atomic mass is 10.1. The SMILES string of the molecule is Cc1[nH]nc2cc(-c3nc(N)nc(N)n3)ccc12. The molecule has 7 nitrogen and oxygen atoms in total. The Labute approximate surface area is 102 Å². The van der Waals surface area contributed by atoms with Crippen molar-refractivity contribution in [2.75, 3.05) is 11.5 Å². The lowest BCUT2D eigenvalue weighted by molar-refractivity contribution is 1.07. The maximum atomic E-state index is 5.55. The molecule has 3 aromatic rings. The van der Waals surface area contributed by atoms with Crippen LogP contribution in [0.25, 0.3) is 22.3 Å². The molecule has 5 N–H and O–H groups in total. The van der Waals surface area contributed by atoms with Crippen molar-refractivity contribution in [3.8, 4) is 11.4 Å². The van der Waals surface area contributed by atoms with Crippen molar-refractivity contribution < 1.29 is 0 Å². The topological polar surface area (TPSA) is 119 Å². The second kappa shape index (κ2) is 3.66. The van der Waals surface area contributed by atoms with Crippen LogP contribution in [0.5, 0.6) is 0 Å². The summed E-state index contributed by atoms with van der Waals surface area (Å²) in [7, 11) is 0. The van der Waals surface area contributed by atoms with E-state index in [1.54, 1.807) is 0 Å². The Bertz CT molecular complexity index is 711. The number of hydrogen-bond donors (Lipinski definition) is 3. The Balaban J connectivity index is 2.18. The number of H-pyrrole nitrogens is 1. The lowest BCUT2D eigenvalue weighted by Gasteiger charge is -2.02. The molecule has 0 aliphatic heterocycles. The van der Waals surface area contributed by atoms with Crippen LogP contribution in [0, 0.1) is 6.92 Å². The first-order valence-electron chi connectivity index (χ1n) is 5.35. The number of nitrogens with zero attached hydrogens (tertiary/aromatic N) is 4. The zero-order valence-corrected chi connectivity index (χ0v) is 9.68. The fourth-order valence-corrected chi connectivity index (χ4v) is 1.82.